The molecule has 0 atom stereocenters. The number of aromatic nitrogens is 1. The molecule has 106 valence electrons. The fourth-order valence-corrected chi connectivity index (χ4v) is 1.73. The van der Waals surface area contributed by atoms with E-state index in [1.54, 1.807) is 17.0 Å². The van der Waals surface area contributed by atoms with Crippen LogP contribution in [0.25, 0.3) is 0 Å². The molecule has 3 N–H and O–H groups in total. The number of hydrazine groups is 1. The van der Waals surface area contributed by atoms with Crippen molar-refractivity contribution in [2.24, 2.45) is 5.84 Å². The quantitative estimate of drug-likeness (QED) is 0.451. The zero-order valence-electron chi connectivity index (χ0n) is 11.1. The molecular formula is C12H19ClN4O2. The predicted octanol–water partition coefficient (Wildman–Crippen LogP) is 1.52. The van der Waals surface area contributed by atoms with Crippen LogP contribution in [0.15, 0.2) is 12.1 Å². The summed E-state index contributed by atoms with van der Waals surface area (Å²) in [6, 6.07) is 3.20. The van der Waals surface area contributed by atoms with Crippen molar-refractivity contribution < 1.29 is 9.53 Å². The van der Waals surface area contributed by atoms with Crippen LogP contribution < -0.4 is 11.3 Å². The van der Waals surface area contributed by atoms with Gasteiger partial charge in [-0.2, -0.15) is 0 Å². The van der Waals surface area contributed by atoms with Gasteiger partial charge in [0.05, 0.1) is 11.6 Å². The first-order chi connectivity index (χ1) is 9.13. The number of pyridine rings is 1. The maximum absolute atomic E-state index is 12.3. The summed E-state index contributed by atoms with van der Waals surface area (Å²) in [4.78, 5) is 18.0. The van der Waals surface area contributed by atoms with Crippen LogP contribution in [-0.4, -0.2) is 42.1 Å². The monoisotopic (exact) mass is 286 g/mol. The molecule has 1 rings (SSSR count). The van der Waals surface area contributed by atoms with Gasteiger partial charge in [-0.1, -0.05) is 11.6 Å². The van der Waals surface area contributed by atoms with Crippen molar-refractivity contribution in [3.8, 4) is 0 Å². The molecule has 0 fully saturated rings. The van der Waals surface area contributed by atoms with Gasteiger partial charge in [-0.15, -0.1) is 0 Å². The van der Waals surface area contributed by atoms with E-state index in [0.717, 1.165) is 0 Å². The number of nitrogens with zero attached hydrogens (tertiary/aromatic N) is 2. The van der Waals surface area contributed by atoms with Crippen molar-refractivity contribution in [3.63, 3.8) is 0 Å². The van der Waals surface area contributed by atoms with Gasteiger partial charge in [-0.25, -0.2) is 10.8 Å². The Hall–Kier alpha value is -1.37. The second-order valence-electron chi connectivity index (χ2n) is 3.75. The molecule has 0 aromatic carbocycles. The second-order valence-corrected chi connectivity index (χ2v) is 4.16. The summed E-state index contributed by atoms with van der Waals surface area (Å²) in [6.07, 6.45) is 0. The molecule has 0 aliphatic rings. The molecule has 1 aromatic heterocycles. The van der Waals surface area contributed by atoms with Crippen molar-refractivity contribution in [2.45, 2.75) is 13.8 Å². The number of hydrogen-bond donors (Lipinski definition) is 2. The molecule has 0 bridgehead atoms. The molecular weight excluding hydrogens is 268 g/mol. The lowest BCUT2D eigenvalue weighted by atomic mass is 10.3. The van der Waals surface area contributed by atoms with Crippen LogP contribution in [-0.2, 0) is 4.74 Å². The Labute approximate surface area is 117 Å². The summed E-state index contributed by atoms with van der Waals surface area (Å²) < 4.78 is 5.25. The molecule has 0 aliphatic heterocycles. The van der Waals surface area contributed by atoms with Gasteiger partial charge in [-0.05, 0) is 26.0 Å². The van der Waals surface area contributed by atoms with Gasteiger partial charge in [0, 0.05) is 19.7 Å². The highest BCUT2D eigenvalue weighted by Crippen LogP contribution is 2.18. The number of amides is 1. The number of carbonyl (C=O) groups is 1. The smallest absolute Gasteiger partial charge is 0.274 e. The molecule has 0 saturated carbocycles. The lowest BCUT2D eigenvalue weighted by Gasteiger charge is -2.21. The lowest BCUT2D eigenvalue weighted by molar-refractivity contribution is 0.0664. The zero-order chi connectivity index (χ0) is 14.3. The fourth-order valence-electron chi connectivity index (χ4n) is 1.54. The summed E-state index contributed by atoms with van der Waals surface area (Å²) in [7, 11) is 0. The van der Waals surface area contributed by atoms with Crippen molar-refractivity contribution in [1.82, 2.24) is 9.88 Å². The van der Waals surface area contributed by atoms with E-state index in [2.05, 4.69) is 10.4 Å². The molecule has 0 spiro atoms. The van der Waals surface area contributed by atoms with Gasteiger partial charge >= 0.3 is 0 Å². The topological polar surface area (TPSA) is 80.5 Å². The number of hydrogen-bond acceptors (Lipinski definition) is 5. The van der Waals surface area contributed by atoms with Gasteiger partial charge in [0.2, 0.25) is 0 Å². The summed E-state index contributed by atoms with van der Waals surface area (Å²) >= 11 is 6.00. The first-order valence-electron chi connectivity index (χ1n) is 6.14. The molecule has 0 aliphatic carbocycles. The largest absolute Gasteiger partial charge is 0.380 e. The summed E-state index contributed by atoms with van der Waals surface area (Å²) in [5, 5.41) is 0.304. The Kier molecular flexibility index (Phi) is 6.55. The zero-order valence-corrected chi connectivity index (χ0v) is 11.9. The maximum atomic E-state index is 12.3. The van der Waals surface area contributed by atoms with Gasteiger partial charge in [-0.3, -0.25) is 4.79 Å². The number of nitrogens with one attached hydrogen (secondary N) is 1. The molecule has 0 radical (unpaired) electrons. The Bertz CT molecular complexity index is 428. The van der Waals surface area contributed by atoms with E-state index in [1.165, 1.54) is 0 Å². The number of likely N-dealkylation sites (N-methyl/N-ethyl adjacent to an activating group) is 1. The molecule has 1 amide bonds. The SMILES string of the molecule is CCOCCN(CC)C(=O)c1nc(NN)ccc1Cl. The number of nitrogens with two attached hydrogens (primary N) is 1. The highest BCUT2D eigenvalue weighted by atomic mass is 35.5. The number of anilines is 1. The van der Waals surface area contributed by atoms with Crippen LogP contribution >= 0.6 is 11.6 Å². The lowest BCUT2D eigenvalue weighted by Crippen LogP contribution is -2.34. The first-order valence-corrected chi connectivity index (χ1v) is 6.52. The predicted molar refractivity (Wildman–Crippen MR) is 75.1 cm³/mol. The Morgan fingerprint density at radius 3 is 2.84 bits per heavy atom. The highest BCUT2D eigenvalue weighted by molar-refractivity contribution is 6.33. The van der Waals surface area contributed by atoms with Crippen molar-refractivity contribution in [3.05, 3.63) is 22.8 Å². The molecule has 0 unspecified atom stereocenters. The van der Waals surface area contributed by atoms with E-state index in [0.29, 0.717) is 37.1 Å². The third-order valence-electron chi connectivity index (χ3n) is 2.58. The van der Waals surface area contributed by atoms with E-state index >= 15 is 0 Å². The number of ether oxygens (including phenoxy) is 1. The first kappa shape index (κ1) is 15.7. The third-order valence-corrected chi connectivity index (χ3v) is 2.88. The Morgan fingerprint density at radius 2 is 2.26 bits per heavy atom. The minimum atomic E-state index is -0.232. The normalized spacial score (nSPS) is 10.3. The summed E-state index contributed by atoms with van der Waals surface area (Å²) in [6.45, 7) is 5.97. The second kappa shape index (κ2) is 7.93. The molecule has 6 nitrogen and oxygen atoms in total. The minimum Gasteiger partial charge on any atom is -0.380 e. The third kappa shape index (κ3) is 4.34. The molecule has 1 heterocycles. The average Bonchev–Trinajstić information content (AvgIpc) is 2.43. The Morgan fingerprint density at radius 1 is 1.53 bits per heavy atom. The molecule has 0 saturated heterocycles. The molecule has 1 aromatic rings. The van der Waals surface area contributed by atoms with Crippen LogP contribution in [0.5, 0.6) is 0 Å². The van der Waals surface area contributed by atoms with Crippen molar-refractivity contribution in [2.75, 3.05) is 31.7 Å². The minimum absolute atomic E-state index is 0.190. The number of rotatable bonds is 7. The standard InChI is InChI=1S/C12H19ClN4O2/c1-3-17(7-8-19-4-2)12(18)11-9(13)5-6-10(15-11)16-14/h5-6H,3-4,7-8,14H2,1-2H3,(H,15,16). The molecule has 7 heteroatoms. The number of halogens is 1. The summed E-state index contributed by atoms with van der Waals surface area (Å²) in [5.74, 6) is 5.44. The van der Waals surface area contributed by atoms with E-state index in [4.69, 9.17) is 22.2 Å². The van der Waals surface area contributed by atoms with Gasteiger partial charge in [0.25, 0.3) is 5.91 Å². The van der Waals surface area contributed by atoms with E-state index in [9.17, 15) is 4.79 Å². The Balaban J connectivity index is 2.84. The van der Waals surface area contributed by atoms with Crippen LogP contribution in [0.2, 0.25) is 5.02 Å². The summed E-state index contributed by atoms with van der Waals surface area (Å²) in [5.41, 5.74) is 2.58. The number of carbonyl (C=O) groups excluding carboxylic acids is 1. The van der Waals surface area contributed by atoms with Crippen LogP contribution in [0.4, 0.5) is 5.82 Å². The van der Waals surface area contributed by atoms with Crippen molar-refractivity contribution in [1.29, 1.82) is 0 Å². The highest BCUT2D eigenvalue weighted by Gasteiger charge is 2.19. The van der Waals surface area contributed by atoms with Crippen LogP contribution in [0.3, 0.4) is 0 Å². The number of nitrogen functional groups attached to an aromatic ring is 1. The van der Waals surface area contributed by atoms with Crippen molar-refractivity contribution >= 4 is 23.3 Å². The fraction of sp³-hybridized carbons (Fsp3) is 0.500. The van der Waals surface area contributed by atoms with Crippen LogP contribution in [0.1, 0.15) is 24.3 Å². The average molecular weight is 287 g/mol. The maximum Gasteiger partial charge on any atom is 0.274 e. The van der Waals surface area contributed by atoms with Crippen LogP contribution in [0, 0.1) is 0 Å². The van der Waals surface area contributed by atoms with E-state index < -0.39 is 0 Å². The molecule has 19 heavy (non-hydrogen) atoms. The van der Waals surface area contributed by atoms with Gasteiger partial charge < -0.3 is 15.1 Å². The van der Waals surface area contributed by atoms with Gasteiger partial charge in [0.1, 0.15) is 11.5 Å². The van der Waals surface area contributed by atoms with E-state index in [-0.39, 0.29) is 11.6 Å². The van der Waals surface area contributed by atoms with Gasteiger partial charge in [0.15, 0.2) is 0 Å². The van der Waals surface area contributed by atoms with E-state index in [1.807, 2.05) is 13.8 Å².